The molecule has 1 aromatic carbocycles. The fraction of sp³-hybridized carbons (Fsp3) is 0.429. The van der Waals surface area contributed by atoms with E-state index in [0.29, 0.717) is 5.56 Å². The quantitative estimate of drug-likeness (QED) is 0.481. The molecule has 1 rings (SSSR count). The van der Waals surface area contributed by atoms with Crippen LogP contribution in [0.4, 0.5) is 17.6 Å². The molecule has 0 bridgehead atoms. The lowest BCUT2D eigenvalue weighted by molar-refractivity contribution is -0.113. The summed E-state index contributed by atoms with van der Waals surface area (Å²) in [4.78, 5) is -0.445. The number of aryl methyl sites for hydroxylation is 1. The first-order chi connectivity index (χ1) is 10.5. The van der Waals surface area contributed by atoms with E-state index in [1.54, 1.807) is 6.92 Å². The highest BCUT2D eigenvalue weighted by Gasteiger charge is 2.41. The number of benzene rings is 1. The van der Waals surface area contributed by atoms with Crippen molar-refractivity contribution >= 4 is 10.1 Å². The first kappa shape index (κ1) is 19.4. The van der Waals surface area contributed by atoms with E-state index in [1.807, 2.05) is 0 Å². The molecule has 0 saturated heterocycles. The van der Waals surface area contributed by atoms with Crippen LogP contribution in [0.5, 0.6) is 0 Å². The largest absolute Gasteiger partial charge is 0.446 e. The number of aliphatic hydroxyl groups is 1. The third kappa shape index (κ3) is 5.21. The lowest BCUT2D eigenvalue weighted by Crippen LogP contribution is -2.23. The summed E-state index contributed by atoms with van der Waals surface area (Å²) in [6.45, 7) is 3.21. The fourth-order valence-corrected chi connectivity index (χ4v) is 2.64. The van der Waals surface area contributed by atoms with Crippen LogP contribution in [-0.4, -0.2) is 25.8 Å². The third-order valence-corrected chi connectivity index (χ3v) is 4.09. The maximum Gasteiger partial charge on any atom is 0.446 e. The lowest BCUT2D eigenvalue weighted by Gasteiger charge is -2.17. The molecule has 0 aliphatic rings. The summed E-state index contributed by atoms with van der Waals surface area (Å²) in [7, 11) is -4.70. The van der Waals surface area contributed by atoms with Crippen molar-refractivity contribution in [3.05, 3.63) is 41.4 Å². The Bertz CT molecular complexity index is 663. The second-order valence-electron chi connectivity index (χ2n) is 4.83. The van der Waals surface area contributed by atoms with Crippen LogP contribution in [0.15, 0.2) is 40.7 Å². The van der Waals surface area contributed by atoms with E-state index in [9.17, 15) is 31.1 Å². The van der Waals surface area contributed by atoms with Gasteiger partial charge in [-0.15, -0.1) is 0 Å². The highest BCUT2D eigenvalue weighted by atomic mass is 32.2. The van der Waals surface area contributed by atoms with Crippen molar-refractivity contribution in [2.24, 2.45) is 0 Å². The van der Waals surface area contributed by atoms with E-state index in [2.05, 4.69) is 4.18 Å². The zero-order valence-corrected chi connectivity index (χ0v) is 13.2. The van der Waals surface area contributed by atoms with E-state index in [0.717, 1.165) is 12.1 Å². The first-order valence-corrected chi connectivity index (χ1v) is 8.06. The number of halogens is 4. The van der Waals surface area contributed by atoms with Crippen LogP contribution in [-0.2, 0) is 14.3 Å². The molecular weight excluding hydrogens is 340 g/mol. The molecule has 1 aromatic rings. The molecule has 0 aromatic heterocycles. The van der Waals surface area contributed by atoms with Crippen molar-refractivity contribution in [2.75, 3.05) is 0 Å². The molecule has 0 radical (unpaired) electrons. The minimum Gasteiger partial charge on any atom is -0.385 e. The van der Waals surface area contributed by atoms with Gasteiger partial charge in [0.1, 0.15) is 11.0 Å². The molecule has 0 saturated carbocycles. The van der Waals surface area contributed by atoms with Crippen molar-refractivity contribution in [1.82, 2.24) is 0 Å². The maximum absolute atomic E-state index is 13.5. The highest BCUT2D eigenvalue weighted by Crippen LogP contribution is 2.33. The van der Waals surface area contributed by atoms with Gasteiger partial charge in [-0.2, -0.15) is 26.0 Å². The third-order valence-electron chi connectivity index (χ3n) is 2.84. The Labute approximate surface area is 131 Å². The molecule has 0 amide bonds. The average Bonchev–Trinajstić information content (AvgIpc) is 2.43. The van der Waals surface area contributed by atoms with E-state index < -0.39 is 38.9 Å². The summed E-state index contributed by atoms with van der Waals surface area (Å²) in [6.07, 6.45) is -7.58. The Morgan fingerprint density at radius 3 is 2.22 bits per heavy atom. The smallest absolute Gasteiger partial charge is 0.385 e. The Morgan fingerprint density at radius 2 is 1.78 bits per heavy atom. The maximum atomic E-state index is 13.5. The van der Waals surface area contributed by atoms with Crippen LogP contribution in [0.1, 0.15) is 25.3 Å². The highest BCUT2D eigenvalue weighted by molar-refractivity contribution is 7.86. The summed E-state index contributed by atoms with van der Waals surface area (Å²) >= 11 is 0. The van der Waals surface area contributed by atoms with Gasteiger partial charge in [0.2, 0.25) is 5.83 Å². The molecule has 130 valence electrons. The predicted molar refractivity (Wildman–Crippen MR) is 74.6 cm³/mol. The minimum atomic E-state index is -5.47. The summed E-state index contributed by atoms with van der Waals surface area (Å²) in [5, 5.41) is 9.61. The summed E-state index contributed by atoms with van der Waals surface area (Å²) in [5.74, 6) is -4.42. The van der Waals surface area contributed by atoms with Crippen molar-refractivity contribution in [3.8, 4) is 0 Å². The molecule has 9 heteroatoms. The number of alkyl halides is 3. The molecule has 0 aliphatic carbocycles. The lowest BCUT2D eigenvalue weighted by atomic mass is 10.1. The minimum absolute atomic E-state index is 0.198. The standard InChI is InChI=1S/C14H16F4O4S/c1-3-4-11(19)12(13(15)14(16,17)18)22-23(20,21)10-7-5-9(2)6-8-10/h5-8,11,19H,3-4H2,1-2H3/b13-12-. The number of hydrogen-bond donors (Lipinski definition) is 1. The van der Waals surface area contributed by atoms with E-state index in [4.69, 9.17) is 0 Å². The van der Waals surface area contributed by atoms with Crippen molar-refractivity contribution < 1.29 is 35.3 Å². The molecule has 4 nitrogen and oxygen atoms in total. The molecule has 23 heavy (non-hydrogen) atoms. The van der Waals surface area contributed by atoms with Crippen LogP contribution in [0.3, 0.4) is 0 Å². The van der Waals surface area contributed by atoms with Crippen LogP contribution < -0.4 is 0 Å². The molecule has 0 heterocycles. The van der Waals surface area contributed by atoms with Gasteiger partial charge in [-0.05, 0) is 25.5 Å². The van der Waals surface area contributed by atoms with E-state index in [-0.39, 0.29) is 12.8 Å². The number of allylic oxidation sites excluding steroid dienone is 1. The van der Waals surface area contributed by atoms with Gasteiger partial charge in [0.05, 0.1) is 0 Å². The molecular formula is C14H16F4O4S. The Balaban J connectivity index is 3.27. The number of rotatable bonds is 6. The molecule has 0 fully saturated rings. The summed E-state index contributed by atoms with van der Waals surface area (Å²) < 4.78 is 79.3. The van der Waals surface area contributed by atoms with Crippen LogP contribution in [0, 0.1) is 6.92 Å². The molecule has 0 spiro atoms. The fourth-order valence-electron chi connectivity index (χ4n) is 1.65. The molecule has 1 atom stereocenters. The van der Waals surface area contributed by atoms with Gasteiger partial charge >= 0.3 is 16.3 Å². The van der Waals surface area contributed by atoms with Gasteiger partial charge < -0.3 is 9.29 Å². The zero-order valence-electron chi connectivity index (χ0n) is 12.4. The molecule has 1 N–H and O–H groups in total. The van der Waals surface area contributed by atoms with Crippen LogP contribution in [0.2, 0.25) is 0 Å². The Kier molecular flexibility index (Phi) is 6.18. The summed E-state index contributed by atoms with van der Waals surface area (Å²) in [5.41, 5.74) is 0.715. The van der Waals surface area contributed by atoms with E-state index in [1.165, 1.54) is 19.1 Å². The number of hydrogen-bond acceptors (Lipinski definition) is 4. The summed E-state index contributed by atoms with van der Waals surface area (Å²) in [6, 6.07) is 5.03. The van der Waals surface area contributed by atoms with Gasteiger partial charge in [0.15, 0.2) is 5.76 Å². The topological polar surface area (TPSA) is 63.6 Å². The number of aliphatic hydroxyl groups excluding tert-OH is 1. The van der Waals surface area contributed by atoms with Gasteiger partial charge in [0.25, 0.3) is 0 Å². The molecule has 0 aliphatic heterocycles. The van der Waals surface area contributed by atoms with Crippen molar-refractivity contribution in [3.63, 3.8) is 0 Å². The van der Waals surface area contributed by atoms with Gasteiger partial charge in [-0.1, -0.05) is 31.0 Å². The zero-order chi connectivity index (χ0) is 17.8. The SMILES string of the molecule is CCCC(O)/C(OS(=O)(=O)c1ccc(C)cc1)=C(/F)C(F)(F)F. The van der Waals surface area contributed by atoms with Crippen LogP contribution >= 0.6 is 0 Å². The predicted octanol–water partition coefficient (Wildman–Crippen LogP) is 3.60. The van der Waals surface area contributed by atoms with Gasteiger partial charge in [-0.25, -0.2) is 0 Å². The van der Waals surface area contributed by atoms with Gasteiger partial charge in [0, 0.05) is 0 Å². The normalized spacial score (nSPS) is 15.1. The monoisotopic (exact) mass is 356 g/mol. The second-order valence-corrected chi connectivity index (χ2v) is 6.38. The molecule has 1 unspecified atom stereocenters. The van der Waals surface area contributed by atoms with Crippen molar-refractivity contribution in [1.29, 1.82) is 0 Å². The average molecular weight is 356 g/mol. The second kappa shape index (κ2) is 7.31. The van der Waals surface area contributed by atoms with E-state index >= 15 is 0 Å². The first-order valence-electron chi connectivity index (χ1n) is 6.65. The van der Waals surface area contributed by atoms with Crippen molar-refractivity contribution in [2.45, 2.75) is 43.9 Å². The van der Waals surface area contributed by atoms with Crippen LogP contribution in [0.25, 0.3) is 0 Å². The Hall–Kier alpha value is -1.61. The Morgan fingerprint density at radius 1 is 1.26 bits per heavy atom. The van der Waals surface area contributed by atoms with Gasteiger partial charge in [-0.3, -0.25) is 0 Å².